The van der Waals surface area contributed by atoms with E-state index in [1.54, 1.807) is 18.2 Å². The van der Waals surface area contributed by atoms with E-state index in [1.807, 2.05) is 38.1 Å². The van der Waals surface area contributed by atoms with Gasteiger partial charge in [0, 0.05) is 27.9 Å². The Labute approximate surface area is 151 Å². The molecule has 0 aliphatic rings. The van der Waals surface area contributed by atoms with E-state index in [0.717, 1.165) is 22.9 Å². The molecule has 25 heavy (non-hydrogen) atoms. The van der Waals surface area contributed by atoms with Crippen molar-refractivity contribution in [1.82, 2.24) is 4.98 Å². The predicted molar refractivity (Wildman–Crippen MR) is 101 cm³/mol. The Morgan fingerprint density at radius 2 is 1.96 bits per heavy atom. The first-order valence-electron chi connectivity index (χ1n) is 8.22. The summed E-state index contributed by atoms with van der Waals surface area (Å²) in [5, 5.41) is 4.22. The van der Waals surface area contributed by atoms with Gasteiger partial charge >= 0.3 is 0 Å². The third kappa shape index (κ3) is 3.59. The van der Waals surface area contributed by atoms with Crippen LogP contribution in [0.1, 0.15) is 41.4 Å². The molecule has 0 unspecified atom stereocenters. The summed E-state index contributed by atoms with van der Waals surface area (Å²) in [4.78, 5) is 28.2. The second-order valence-corrected chi connectivity index (χ2v) is 6.50. The van der Waals surface area contributed by atoms with Crippen LogP contribution in [-0.2, 0) is 4.79 Å². The number of amides is 1. The monoisotopic (exact) mass is 354 g/mol. The predicted octanol–water partition coefficient (Wildman–Crippen LogP) is 5.10. The van der Waals surface area contributed by atoms with Crippen LogP contribution in [0.2, 0.25) is 5.02 Å². The van der Waals surface area contributed by atoms with E-state index in [2.05, 4.69) is 10.3 Å². The first-order valence-corrected chi connectivity index (χ1v) is 8.60. The van der Waals surface area contributed by atoms with Crippen molar-refractivity contribution in [3.8, 4) is 0 Å². The van der Waals surface area contributed by atoms with E-state index in [1.165, 1.54) is 0 Å². The van der Waals surface area contributed by atoms with Gasteiger partial charge in [0.05, 0.1) is 5.69 Å². The fourth-order valence-corrected chi connectivity index (χ4v) is 3.00. The molecule has 2 N–H and O–H groups in total. The minimum atomic E-state index is -0.164. The van der Waals surface area contributed by atoms with Crippen molar-refractivity contribution in [3.63, 3.8) is 0 Å². The number of fused-ring (bicyclic) bond motifs is 1. The maximum absolute atomic E-state index is 13.0. The minimum absolute atomic E-state index is 0.114. The summed E-state index contributed by atoms with van der Waals surface area (Å²) in [5.41, 5.74) is 3.17. The molecule has 1 amide bonds. The molecule has 1 heterocycles. The van der Waals surface area contributed by atoms with Crippen LogP contribution in [0.4, 0.5) is 5.69 Å². The number of rotatable bonds is 5. The molecule has 3 aromatic rings. The van der Waals surface area contributed by atoms with Gasteiger partial charge in [0.2, 0.25) is 11.7 Å². The van der Waals surface area contributed by atoms with Gasteiger partial charge in [0.1, 0.15) is 5.69 Å². The zero-order valence-corrected chi connectivity index (χ0v) is 14.9. The molecule has 0 fully saturated rings. The van der Waals surface area contributed by atoms with Crippen molar-refractivity contribution in [2.24, 2.45) is 0 Å². The summed E-state index contributed by atoms with van der Waals surface area (Å²) < 4.78 is 0. The molecule has 128 valence electrons. The number of benzene rings is 2. The highest BCUT2D eigenvalue weighted by Crippen LogP contribution is 2.31. The van der Waals surface area contributed by atoms with Gasteiger partial charge in [-0.25, -0.2) is 0 Å². The molecule has 0 atom stereocenters. The minimum Gasteiger partial charge on any atom is -0.350 e. The molecule has 0 saturated heterocycles. The van der Waals surface area contributed by atoms with E-state index in [0.29, 0.717) is 28.4 Å². The highest BCUT2D eigenvalue weighted by molar-refractivity contribution is 6.31. The SMILES string of the molecule is CCCC(=O)Nc1c(C(=O)c2cccc(C)c2)[nH]c2cc(Cl)ccc12. The Morgan fingerprint density at radius 3 is 2.68 bits per heavy atom. The van der Waals surface area contributed by atoms with Gasteiger partial charge in [-0.15, -0.1) is 0 Å². The highest BCUT2D eigenvalue weighted by Gasteiger charge is 2.21. The van der Waals surface area contributed by atoms with Gasteiger partial charge in [0.25, 0.3) is 0 Å². The maximum atomic E-state index is 13.0. The summed E-state index contributed by atoms with van der Waals surface area (Å²) in [6.07, 6.45) is 1.14. The normalized spacial score (nSPS) is 10.8. The Morgan fingerprint density at radius 1 is 1.16 bits per heavy atom. The largest absolute Gasteiger partial charge is 0.350 e. The number of H-pyrrole nitrogens is 1. The van der Waals surface area contributed by atoms with Crippen LogP contribution in [0.3, 0.4) is 0 Å². The number of anilines is 1. The smallest absolute Gasteiger partial charge is 0.224 e. The van der Waals surface area contributed by atoms with Crippen molar-refractivity contribution in [1.29, 1.82) is 0 Å². The van der Waals surface area contributed by atoms with Crippen LogP contribution in [-0.4, -0.2) is 16.7 Å². The highest BCUT2D eigenvalue weighted by atomic mass is 35.5. The molecule has 0 saturated carbocycles. The Bertz CT molecular complexity index is 959. The number of ketones is 1. The summed E-state index contributed by atoms with van der Waals surface area (Å²) in [5.74, 6) is -0.278. The number of halogens is 1. The van der Waals surface area contributed by atoms with E-state index in [4.69, 9.17) is 11.6 Å². The molecule has 1 aromatic heterocycles. The topological polar surface area (TPSA) is 62.0 Å². The number of nitrogens with one attached hydrogen (secondary N) is 2. The van der Waals surface area contributed by atoms with Gasteiger partial charge in [-0.3, -0.25) is 9.59 Å². The lowest BCUT2D eigenvalue weighted by Crippen LogP contribution is -2.14. The van der Waals surface area contributed by atoms with Crippen LogP contribution in [0, 0.1) is 6.92 Å². The average Bonchev–Trinajstić information content (AvgIpc) is 2.92. The zero-order valence-electron chi connectivity index (χ0n) is 14.2. The van der Waals surface area contributed by atoms with Gasteiger partial charge in [0.15, 0.2) is 0 Å². The maximum Gasteiger partial charge on any atom is 0.224 e. The summed E-state index contributed by atoms with van der Waals surface area (Å²) in [6, 6.07) is 12.7. The first-order chi connectivity index (χ1) is 12.0. The first kappa shape index (κ1) is 17.2. The van der Waals surface area contributed by atoms with Crippen molar-refractivity contribution in [2.45, 2.75) is 26.7 Å². The van der Waals surface area contributed by atoms with Crippen LogP contribution in [0.5, 0.6) is 0 Å². The number of aryl methyl sites for hydroxylation is 1. The Hall–Kier alpha value is -2.59. The zero-order chi connectivity index (χ0) is 18.0. The molecule has 0 bridgehead atoms. The van der Waals surface area contributed by atoms with Gasteiger partial charge < -0.3 is 10.3 Å². The summed E-state index contributed by atoms with van der Waals surface area (Å²) in [7, 11) is 0. The molecule has 4 nitrogen and oxygen atoms in total. The van der Waals surface area contributed by atoms with Gasteiger partial charge in [-0.2, -0.15) is 0 Å². The number of hydrogen-bond donors (Lipinski definition) is 2. The van der Waals surface area contributed by atoms with Crippen LogP contribution >= 0.6 is 11.6 Å². The molecule has 0 radical (unpaired) electrons. The van der Waals surface area contributed by atoms with E-state index >= 15 is 0 Å². The number of carbonyl (C=O) groups excluding carboxylic acids is 2. The molecular formula is C20H19ClN2O2. The lowest BCUT2D eigenvalue weighted by molar-refractivity contribution is -0.116. The Balaban J connectivity index is 2.12. The third-order valence-electron chi connectivity index (χ3n) is 4.01. The molecule has 0 aliphatic carbocycles. The lowest BCUT2D eigenvalue weighted by atomic mass is 10.0. The number of hydrogen-bond acceptors (Lipinski definition) is 2. The summed E-state index contributed by atoms with van der Waals surface area (Å²) in [6.45, 7) is 3.87. The molecule has 0 aliphatic heterocycles. The number of aromatic amines is 1. The van der Waals surface area contributed by atoms with E-state index in [-0.39, 0.29) is 11.7 Å². The van der Waals surface area contributed by atoms with Gasteiger partial charge in [-0.1, -0.05) is 42.3 Å². The molecular weight excluding hydrogens is 336 g/mol. The second kappa shape index (κ2) is 7.11. The standard InChI is InChI=1S/C20H19ClN2O2/c1-3-5-17(24)23-18-15-9-8-14(21)11-16(15)22-19(18)20(25)13-7-4-6-12(2)10-13/h4,6-11,22H,3,5H2,1-2H3,(H,23,24). The van der Waals surface area contributed by atoms with Crippen molar-refractivity contribution in [2.75, 3.05) is 5.32 Å². The molecule has 2 aromatic carbocycles. The van der Waals surface area contributed by atoms with E-state index in [9.17, 15) is 9.59 Å². The van der Waals surface area contributed by atoms with Crippen LogP contribution in [0.15, 0.2) is 42.5 Å². The van der Waals surface area contributed by atoms with Crippen molar-refractivity contribution >= 4 is 39.9 Å². The fraction of sp³-hybridized carbons (Fsp3) is 0.200. The third-order valence-corrected chi connectivity index (χ3v) is 4.24. The second-order valence-electron chi connectivity index (χ2n) is 6.06. The van der Waals surface area contributed by atoms with Gasteiger partial charge in [-0.05, 0) is 37.6 Å². The van der Waals surface area contributed by atoms with E-state index < -0.39 is 0 Å². The quantitative estimate of drug-likeness (QED) is 0.626. The molecule has 0 spiro atoms. The van der Waals surface area contributed by atoms with Crippen molar-refractivity contribution in [3.05, 3.63) is 64.3 Å². The lowest BCUT2D eigenvalue weighted by Gasteiger charge is -2.07. The Kier molecular flexibility index (Phi) is 4.91. The van der Waals surface area contributed by atoms with Crippen LogP contribution < -0.4 is 5.32 Å². The average molecular weight is 355 g/mol. The molecule has 3 rings (SSSR count). The summed E-state index contributed by atoms with van der Waals surface area (Å²) >= 11 is 6.06. The number of carbonyl (C=O) groups is 2. The number of aromatic nitrogens is 1. The van der Waals surface area contributed by atoms with Crippen molar-refractivity contribution < 1.29 is 9.59 Å². The van der Waals surface area contributed by atoms with Crippen LogP contribution in [0.25, 0.3) is 10.9 Å². The fourth-order valence-electron chi connectivity index (χ4n) is 2.83. The molecule has 5 heteroatoms.